The zero-order chi connectivity index (χ0) is 26.3. The van der Waals surface area contributed by atoms with Gasteiger partial charge in [0.05, 0.1) is 27.4 Å². The Kier molecular flexibility index (Phi) is 4.86. The first-order chi connectivity index (χ1) is 17.6. The van der Waals surface area contributed by atoms with Crippen molar-refractivity contribution in [1.82, 2.24) is 4.57 Å². The minimum atomic E-state index is -4.82. The number of Topliss-reactive ketones (excluding diaryl/α,β-unsaturated/α-hetero) is 2. The van der Waals surface area contributed by atoms with Gasteiger partial charge in [-0.25, -0.2) is 0 Å². The maximum Gasteiger partial charge on any atom is 0.417 e. The van der Waals surface area contributed by atoms with Crippen LogP contribution >= 0.6 is 11.6 Å². The third-order valence-electron chi connectivity index (χ3n) is 6.74. The molecule has 0 radical (unpaired) electrons. The van der Waals surface area contributed by atoms with Gasteiger partial charge in [-0.15, -0.1) is 0 Å². The molecule has 1 spiro atoms. The Balaban J connectivity index is 1.65. The number of ether oxygens (including phenoxy) is 1. The van der Waals surface area contributed by atoms with Crippen LogP contribution in [0.4, 0.5) is 13.2 Å². The van der Waals surface area contributed by atoms with E-state index in [1.54, 1.807) is 42.5 Å². The van der Waals surface area contributed by atoms with Gasteiger partial charge in [0.1, 0.15) is 6.10 Å². The van der Waals surface area contributed by atoms with E-state index in [4.69, 9.17) is 16.3 Å². The van der Waals surface area contributed by atoms with Gasteiger partial charge in [-0.05, 0) is 23.8 Å². The van der Waals surface area contributed by atoms with Crippen molar-refractivity contribution in [2.45, 2.75) is 17.9 Å². The van der Waals surface area contributed by atoms with Gasteiger partial charge in [-0.2, -0.15) is 13.2 Å². The van der Waals surface area contributed by atoms with Crippen molar-refractivity contribution in [1.29, 1.82) is 0 Å². The molecular formula is C27H15ClF3NO5. The summed E-state index contributed by atoms with van der Waals surface area (Å²) in [7, 11) is 0. The van der Waals surface area contributed by atoms with Crippen molar-refractivity contribution in [3.63, 3.8) is 0 Å². The topological polar surface area (TPSA) is 88.8 Å². The van der Waals surface area contributed by atoms with Crippen LogP contribution in [0.5, 0.6) is 11.8 Å². The van der Waals surface area contributed by atoms with Crippen LogP contribution in [0.25, 0.3) is 5.69 Å². The van der Waals surface area contributed by atoms with Crippen molar-refractivity contribution in [2.75, 3.05) is 0 Å². The Labute approximate surface area is 212 Å². The van der Waals surface area contributed by atoms with E-state index in [-0.39, 0.29) is 27.9 Å². The second-order valence-electron chi connectivity index (χ2n) is 8.73. The lowest BCUT2D eigenvalue weighted by Crippen LogP contribution is -2.38. The number of carbonyl (C=O) groups is 2. The summed E-state index contributed by atoms with van der Waals surface area (Å²) >= 11 is 5.75. The number of ketones is 2. The molecule has 0 bridgehead atoms. The van der Waals surface area contributed by atoms with E-state index in [1.807, 2.05) is 0 Å². The summed E-state index contributed by atoms with van der Waals surface area (Å²) in [5, 5.41) is 22.1. The third kappa shape index (κ3) is 3.04. The Morgan fingerprint density at radius 3 is 2.05 bits per heavy atom. The van der Waals surface area contributed by atoms with E-state index >= 15 is 0 Å². The Morgan fingerprint density at radius 2 is 1.46 bits per heavy atom. The first-order valence-corrected chi connectivity index (χ1v) is 11.4. The molecule has 6 rings (SSSR count). The summed E-state index contributed by atoms with van der Waals surface area (Å²) in [5.74, 6) is -2.96. The Hall–Kier alpha value is -4.08. The number of aromatic nitrogens is 1. The molecule has 10 heteroatoms. The number of rotatable bonds is 2. The Bertz CT molecular complexity index is 1590. The number of alkyl halides is 3. The molecule has 4 aromatic rings. The average molecular weight is 526 g/mol. The molecule has 6 nitrogen and oxygen atoms in total. The van der Waals surface area contributed by atoms with Gasteiger partial charge < -0.3 is 14.9 Å². The monoisotopic (exact) mass is 525 g/mol. The molecule has 0 fully saturated rings. The van der Waals surface area contributed by atoms with E-state index in [2.05, 4.69) is 0 Å². The number of fused-ring (bicyclic) bond motifs is 3. The summed E-state index contributed by atoms with van der Waals surface area (Å²) in [6.07, 6.45) is -6.00. The highest BCUT2D eigenvalue weighted by Gasteiger charge is 2.64. The van der Waals surface area contributed by atoms with Gasteiger partial charge in [0.2, 0.25) is 28.9 Å². The molecule has 2 N–H and O–H groups in total. The van der Waals surface area contributed by atoms with Crippen LogP contribution in [0.3, 0.4) is 0 Å². The summed E-state index contributed by atoms with van der Waals surface area (Å²) in [6, 6.07) is 17.2. The number of nitrogens with zero attached hydrogens (tertiary/aromatic N) is 1. The SMILES string of the molecule is O=C1c2ccccc2C(=O)C12OC(c1ccccc1)c1c2c(O)n(-c2ccc(Cl)c(C(F)(F)F)c2)c1O. The predicted molar refractivity (Wildman–Crippen MR) is 125 cm³/mol. The van der Waals surface area contributed by atoms with Crippen molar-refractivity contribution in [3.05, 3.63) is 111 Å². The van der Waals surface area contributed by atoms with Crippen molar-refractivity contribution in [2.24, 2.45) is 0 Å². The normalized spacial score (nSPS) is 17.9. The lowest BCUT2D eigenvalue weighted by atomic mass is 9.88. The molecular weight excluding hydrogens is 511 g/mol. The van der Waals surface area contributed by atoms with Crippen LogP contribution in [-0.4, -0.2) is 26.3 Å². The minimum absolute atomic E-state index is 0.0738. The first kappa shape index (κ1) is 23.3. The number of carbonyl (C=O) groups excluding carboxylic acids is 2. The molecule has 0 saturated heterocycles. The molecule has 1 aliphatic heterocycles. The predicted octanol–water partition coefficient (Wildman–Crippen LogP) is 5.95. The second-order valence-corrected chi connectivity index (χ2v) is 9.13. The summed E-state index contributed by atoms with van der Waals surface area (Å²) in [6.45, 7) is 0. The lowest BCUT2D eigenvalue weighted by Gasteiger charge is -2.24. The number of hydrogen-bond acceptors (Lipinski definition) is 5. The molecule has 186 valence electrons. The van der Waals surface area contributed by atoms with Gasteiger partial charge in [0.25, 0.3) is 0 Å². The zero-order valence-electron chi connectivity index (χ0n) is 18.6. The molecule has 0 amide bonds. The highest BCUT2D eigenvalue weighted by atomic mass is 35.5. The third-order valence-corrected chi connectivity index (χ3v) is 7.07. The van der Waals surface area contributed by atoms with Crippen LogP contribution < -0.4 is 0 Å². The molecule has 2 aliphatic rings. The van der Waals surface area contributed by atoms with E-state index in [1.165, 1.54) is 18.2 Å². The molecule has 1 aliphatic carbocycles. The maximum atomic E-state index is 13.7. The van der Waals surface area contributed by atoms with E-state index in [0.29, 0.717) is 11.6 Å². The fraction of sp³-hybridized carbons (Fsp3) is 0.111. The maximum absolute atomic E-state index is 13.7. The van der Waals surface area contributed by atoms with E-state index in [0.717, 1.165) is 10.6 Å². The summed E-state index contributed by atoms with van der Waals surface area (Å²) < 4.78 is 47.6. The fourth-order valence-corrected chi connectivity index (χ4v) is 5.35. The Morgan fingerprint density at radius 1 is 0.865 bits per heavy atom. The van der Waals surface area contributed by atoms with Crippen molar-refractivity contribution < 1.29 is 37.7 Å². The van der Waals surface area contributed by atoms with Gasteiger partial charge >= 0.3 is 6.18 Å². The molecule has 3 aromatic carbocycles. The van der Waals surface area contributed by atoms with Gasteiger partial charge in [0, 0.05) is 11.1 Å². The highest BCUT2D eigenvalue weighted by molar-refractivity contribution is 6.33. The van der Waals surface area contributed by atoms with Gasteiger partial charge in [-0.1, -0.05) is 66.2 Å². The largest absolute Gasteiger partial charge is 0.494 e. The smallest absolute Gasteiger partial charge is 0.417 e. The minimum Gasteiger partial charge on any atom is -0.494 e. The number of hydrogen-bond donors (Lipinski definition) is 2. The summed E-state index contributed by atoms with van der Waals surface area (Å²) in [4.78, 5) is 27.4. The van der Waals surface area contributed by atoms with Crippen LogP contribution in [0, 0.1) is 0 Å². The van der Waals surface area contributed by atoms with Crippen LogP contribution in [-0.2, 0) is 16.5 Å². The molecule has 1 aromatic heterocycles. The second kappa shape index (κ2) is 7.71. The van der Waals surface area contributed by atoms with Crippen LogP contribution in [0.1, 0.15) is 49.1 Å². The van der Waals surface area contributed by atoms with Crippen molar-refractivity contribution >= 4 is 23.2 Å². The number of halogens is 4. The van der Waals surface area contributed by atoms with Crippen LogP contribution in [0.15, 0.2) is 72.8 Å². The lowest BCUT2D eigenvalue weighted by molar-refractivity contribution is -0.137. The zero-order valence-corrected chi connectivity index (χ0v) is 19.3. The standard InChI is InChI=1S/C27H15ClF3NO5/c28-18-11-10-14(12-17(18)27(29,30)31)32-24(35)19-20(25(32)36)26(37-21(19)13-6-2-1-3-7-13)22(33)15-8-4-5-9-16(15)23(26)34/h1-12,21,35-36H. The van der Waals surface area contributed by atoms with Gasteiger partial charge in [-0.3, -0.25) is 14.2 Å². The summed E-state index contributed by atoms with van der Waals surface area (Å²) in [5.41, 5.74) is -3.60. The quantitative estimate of drug-likeness (QED) is 0.316. The van der Waals surface area contributed by atoms with E-state index < -0.39 is 51.8 Å². The highest BCUT2D eigenvalue weighted by Crippen LogP contribution is 2.59. The molecule has 2 heterocycles. The first-order valence-electron chi connectivity index (χ1n) is 11.0. The van der Waals surface area contributed by atoms with Crippen molar-refractivity contribution in [3.8, 4) is 17.4 Å². The number of aromatic hydroxyl groups is 2. The van der Waals surface area contributed by atoms with Gasteiger partial charge in [0.15, 0.2) is 0 Å². The molecule has 1 atom stereocenters. The van der Waals surface area contributed by atoms with E-state index in [9.17, 15) is 33.0 Å². The fourth-order valence-electron chi connectivity index (χ4n) is 5.13. The molecule has 1 unspecified atom stereocenters. The number of benzene rings is 3. The molecule has 37 heavy (non-hydrogen) atoms. The molecule has 0 saturated carbocycles. The van der Waals surface area contributed by atoms with Crippen LogP contribution in [0.2, 0.25) is 5.02 Å². The average Bonchev–Trinajstić information content (AvgIpc) is 3.44.